The van der Waals surface area contributed by atoms with E-state index in [1.807, 2.05) is 0 Å². The molecule has 2 unspecified atom stereocenters. The molecule has 0 heterocycles. The molecule has 2 atom stereocenters. The molecule has 0 saturated carbocycles. The lowest BCUT2D eigenvalue weighted by Gasteiger charge is -2.12. The van der Waals surface area contributed by atoms with E-state index in [1.165, 1.54) is 6.42 Å². The van der Waals surface area contributed by atoms with Crippen molar-refractivity contribution < 1.29 is 5.11 Å². The first kappa shape index (κ1) is 12.2. The maximum Gasteiger partial charge on any atom is 0.0431 e. The molecule has 0 saturated heterocycles. The van der Waals surface area contributed by atoms with Gasteiger partial charge in [0.25, 0.3) is 0 Å². The first-order chi connectivity index (χ1) is 5.20. The van der Waals surface area contributed by atoms with Gasteiger partial charge in [0.2, 0.25) is 0 Å². The molecule has 68 valence electrons. The summed E-state index contributed by atoms with van der Waals surface area (Å²) < 4.78 is 0.729. The van der Waals surface area contributed by atoms with Crippen LogP contribution in [0.15, 0.2) is 0 Å². The van der Waals surface area contributed by atoms with E-state index in [2.05, 4.69) is 45.4 Å². The Hall–Kier alpha value is 1.17. The number of alkyl halides is 2. The summed E-state index contributed by atoms with van der Waals surface area (Å²) in [5.74, 6) is 0.760. The molecule has 3 heteroatoms. The SMILES string of the molecule is CC(CBr)CC(I)CCCO. The Balaban J connectivity index is 3.27. The van der Waals surface area contributed by atoms with Gasteiger partial charge in [-0.05, 0) is 25.2 Å². The van der Waals surface area contributed by atoms with E-state index in [0.717, 1.165) is 28.0 Å². The van der Waals surface area contributed by atoms with E-state index in [0.29, 0.717) is 6.61 Å². The fourth-order valence-corrected chi connectivity index (χ4v) is 2.50. The lowest BCUT2D eigenvalue weighted by atomic mass is 10.1. The van der Waals surface area contributed by atoms with Gasteiger partial charge in [0.1, 0.15) is 0 Å². The van der Waals surface area contributed by atoms with Gasteiger partial charge in [0, 0.05) is 15.9 Å². The summed E-state index contributed by atoms with van der Waals surface area (Å²) in [5.41, 5.74) is 0. The normalized spacial score (nSPS) is 16.4. The maximum absolute atomic E-state index is 8.59. The molecule has 0 rings (SSSR count). The average molecular weight is 335 g/mol. The van der Waals surface area contributed by atoms with Crippen molar-refractivity contribution in [3.63, 3.8) is 0 Å². The summed E-state index contributed by atoms with van der Waals surface area (Å²) in [5, 5.41) is 9.68. The zero-order chi connectivity index (χ0) is 8.69. The molecule has 0 spiro atoms. The number of hydrogen-bond donors (Lipinski definition) is 1. The molecule has 0 bridgehead atoms. The van der Waals surface area contributed by atoms with Crippen LogP contribution in [0.3, 0.4) is 0 Å². The van der Waals surface area contributed by atoms with Crippen molar-refractivity contribution in [3.05, 3.63) is 0 Å². The van der Waals surface area contributed by atoms with Crippen LogP contribution in [-0.4, -0.2) is 21.0 Å². The van der Waals surface area contributed by atoms with Crippen molar-refractivity contribution in [2.45, 2.75) is 30.1 Å². The highest BCUT2D eigenvalue weighted by Gasteiger charge is 2.08. The number of aliphatic hydroxyl groups excluding tert-OH is 1. The van der Waals surface area contributed by atoms with E-state index >= 15 is 0 Å². The van der Waals surface area contributed by atoms with Crippen LogP contribution in [0.4, 0.5) is 0 Å². The third-order valence-corrected chi connectivity index (χ3v) is 3.83. The number of halogens is 2. The second kappa shape index (κ2) is 7.80. The van der Waals surface area contributed by atoms with Crippen LogP contribution in [0.5, 0.6) is 0 Å². The molecule has 11 heavy (non-hydrogen) atoms. The van der Waals surface area contributed by atoms with Gasteiger partial charge in [-0.2, -0.15) is 0 Å². The van der Waals surface area contributed by atoms with E-state index in [-0.39, 0.29) is 0 Å². The standard InChI is InChI=1S/C8H16BrIO/c1-7(6-9)5-8(10)3-2-4-11/h7-8,11H,2-6H2,1H3. The minimum atomic E-state index is 0.336. The zero-order valence-electron chi connectivity index (χ0n) is 6.89. The van der Waals surface area contributed by atoms with Gasteiger partial charge >= 0.3 is 0 Å². The van der Waals surface area contributed by atoms with Crippen molar-refractivity contribution in [2.75, 3.05) is 11.9 Å². The van der Waals surface area contributed by atoms with Gasteiger partial charge in [-0.3, -0.25) is 0 Å². The fraction of sp³-hybridized carbons (Fsp3) is 1.00. The Kier molecular flexibility index (Phi) is 8.63. The summed E-state index contributed by atoms with van der Waals surface area (Å²) in [6.45, 7) is 2.58. The monoisotopic (exact) mass is 334 g/mol. The lowest BCUT2D eigenvalue weighted by molar-refractivity contribution is 0.283. The largest absolute Gasteiger partial charge is 0.396 e. The lowest BCUT2D eigenvalue weighted by Crippen LogP contribution is -2.06. The first-order valence-corrected chi connectivity index (χ1v) is 6.38. The molecule has 1 nitrogen and oxygen atoms in total. The molecule has 0 fully saturated rings. The van der Waals surface area contributed by atoms with E-state index in [4.69, 9.17) is 5.11 Å². The molecule has 0 aromatic heterocycles. The Labute approximate surface area is 91.2 Å². The predicted molar refractivity (Wildman–Crippen MR) is 61.7 cm³/mol. The van der Waals surface area contributed by atoms with Crippen LogP contribution in [0.2, 0.25) is 0 Å². The van der Waals surface area contributed by atoms with E-state index in [1.54, 1.807) is 0 Å². The zero-order valence-corrected chi connectivity index (χ0v) is 10.6. The Morgan fingerprint density at radius 1 is 1.55 bits per heavy atom. The van der Waals surface area contributed by atoms with Crippen molar-refractivity contribution in [1.82, 2.24) is 0 Å². The quantitative estimate of drug-likeness (QED) is 0.585. The molecule has 0 aromatic carbocycles. The summed E-state index contributed by atoms with van der Waals surface area (Å²) in [6, 6.07) is 0. The molecule has 0 radical (unpaired) electrons. The molecule has 0 aromatic rings. The summed E-state index contributed by atoms with van der Waals surface area (Å²) in [7, 11) is 0. The second-order valence-corrected chi connectivity index (χ2v) is 5.37. The van der Waals surface area contributed by atoms with Crippen LogP contribution >= 0.6 is 38.5 Å². The average Bonchev–Trinajstić information content (AvgIpc) is 2.00. The molecule has 0 amide bonds. The Morgan fingerprint density at radius 2 is 2.18 bits per heavy atom. The maximum atomic E-state index is 8.59. The summed E-state index contributed by atoms with van der Waals surface area (Å²) >= 11 is 5.93. The van der Waals surface area contributed by atoms with Crippen LogP contribution < -0.4 is 0 Å². The topological polar surface area (TPSA) is 20.2 Å². The summed E-state index contributed by atoms with van der Waals surface area (Å²) in [6.07, 6.45) is 3.35. The predicted octanol–water partition coefficient (Wildman–Crippen LogP) is 2.98. The van der Waals surface area contributed by atoms with Crippen molar-refractivity contribution in [1.29, 1.82) is 0 Å². The van der Waals surface area contributed by atoms with Gasteiger partial charge in [0.05, 0.1) is 0 Å². The summed E-state index contributed by atoms with van der Waals surface area (Å²) in [4.78, 5) is 0. The van der Waals surface area contributed by atoms with Crippen LogP contribution in [0.1, 0.15) is 26.2 Å². The minimum Gasteiger partial charge on any atom is -0.396 e. The molecule has 0 aliphatic heterocycles. The third-order valence-electron chi connectivity index (χ3n) is 1.60. The van der Waals surface area contributed by atoms with Gasteiger partial charge in [0.15, 0.2) is 0 Å². The molecule has 0 aliphatic rings. The highest BCUT2D eigenvalue weighted by atomic mass is 127. The van der Waals surface area contributed by atoms with Gasteiger partial charge < -0.3 is 5.11 Å². The van der Waals surface area contributed by atoms with Crippen LogP contribution in [-0.2, 0) is 0 Å². The Bertz CT molecular complexity index is 90.2. The number of rotatable bonds is 6. The van der Waals surface area contributed by atoms with E-state index in [9.17, 15) is 0 Å². The van der Waals surface area contributed by atoms with Gasteiger partial charge in [-0.25, -0.2) is 0 Å². The first-order valence-electron chi connectivity index (χ1n) is 4.01. The Morgan fingerprint density at radius 3 is 2.64 bits per heavy atom. The molecular formula is C8H16BrIO. The van der Waals surface area contributed by atoms with Crippen LogP contribution in [0, 0.1) is 5.92 Å². The highest BCUT2D eigenvalue weighted by Crippen LogP contribution is 2.19. The van der Waals surface area contributed by atoms with Crippen molar-refractivity contribution in [3.8, 4) is 0 Å². The van der Waals surface area contributed by atoms with Crippen molar-refractivity contribution in [2.24, 2.45) is 5.92 Å². The molecule has 0 aliphatic carbocycles. The molecular weight excluding hydrogens is 319 g/mol. The third kappa shape index (κ3) is 7.53. The number of hydrogen-bond acceptors (Lipinski definition) is 1. The molecule has 1 N–H and O–H groups in total. The smallest absolute Gasteiger partial charge is 0.0431 e. The van der Waals surface area contributed by atoms with Crippen LogP contribution in [0.25, 0.3) is 0 Å². The second-order valence-electron chi connectivity index (χ2n) is 2.96. The van der Waals surface area contributed by atoms with Crippen molar-refractivity contribution >= 4 is 38.5 Å². The minimum absolute atomic E-state index is 0.336. The highest BCUT2D eigenvalue weighted by molar-refractivity contribution is 14.1. The van der Waals surface area contributed by atoms with E-state index < -0.39 is 0 Å². The van der Waals surface area contributed by atoms with Gasteiger partial charge in [-0.1, -0.05) is 45.4 Å². The number of aliphatic hydroxyl groups is 1. The van der Waals surface area contributed by atoms with Gasteiger partial charge in [-0.15, -0.1) is 0 Å². The fourth-order valence-electron chi connectivity index (χ4n) is 0.930.